The Kier molecular flexibility index (Phi) is 9.25. The molecule has 258 valence electrons. The highest BCUT2D eigenvalue weighted by molar-refractivity contribution is 9.10. The summed E-state index contributed by atoms with van der Waals surface area (Å²) in [4.78, 5) is 29.3. The third-order valence-corrected chi connectivity index (χ3v) is 9.02. The lowest BCUT2D eigenvalue weighted by Gasteiger charge is -2.13. The number of aromatic nitrogens is 7. The van der Waals surface area contributed by atoms with E-state index in [1.54, 1.807) is 38.1 Å². The molecular formula is C41H30BrN9O2. The Morgan fingerprint density at radius 3 is 2.17 bits per heavy atom. The fourth-order valence-corrected chi connectivity index (χ4v) is 6.39. The molecule has 0 bridgehead atoms. The Labute approximate surface area is 312 Å². The number of anilines is 4. The van der Waals surface area contributed by atoms with E-state index in [4.69, 9.17) is 4.74 Å². The second-order valence-electron chi connectivity index (χ2n) is 11.9. The standard InChI is InChI=1S/C21H15N5O.C20H15BrN4O/c27-20-10-19-17(9-16(20)14-2-1-6-22-11-14)21(25-12-24-19)26-15-3-4-18-13(8-15)5-7-23-18;1-26-19-11-18-16(10-15(19)17-7-2-3-8-22-17)20(24-12-23-18)25-14-6-4-5-13(21)9-14/h1-12,23,27H,(H,24,25,26);2-12H,1H3,(H,23,24,25). The quantitative estimate of drug-likeness (QED) is 0.124. The van der Waals surface area contributed by atoms with Gasteiger partial charge in [-0.2, -0.15) is 0 Å². The van der Waals surface area contributed by atoms with Crippen LogP contribution < -0.4 is 15.4 Å². The number of hydrogen-bond acceptors (Lipinski definition) is 10. The van der Waals surface area contributed by atoms with Crippen molar-refractivity contribution < 1.29 is 9.84 Å². The first-order chi connectivity index (χ1) is 26.0. The molecule has 0 unspecified atom stereocenters. The average Bonchev–Trinajstić information content (AvgIpc) is 3.67. The van der Waals surface area contributed by atoms with Gasteiger partial charge in [-0.15, -0.1) is 0 Å². The minimum absolute atomic E-state index is 0.161. The van der Waals surface area contributed by atoms with Crippen LogP contribution in [0.3, 0.4) is 0 Å². The van der Waals surface area contributed by atoms with Crippen molar-refractivity contribution in [2.75, 3.05) is 17.7 Å². The summed E-state index contributed by atoms with van der Waals surface area (Å²) in [5, 5.41) is 20.0. The van der Waals surface area contributed by atoms with Crippen molar-refractivity contribution in [3.8, 4) is 33.9 Å². The van der Waals surface area contributed by atoms with E-state index < -0.39 is 0 Å². The maximum Gasteiger partial charge on any atom is 0.141 e. The number of methoxy groups -OCH3 is 1. The molecule has 0 aliphatic heterocycles. The fraction of sp³-hybridized carbons (Fsp3) is 0.0244. The molecule has 53 heavy (non-hydrogen) atoms. The van der Waals surface area contributed by atoms with Crippen LogP contribution in [0.15, 0.2) is 145 Å². The normalized spacial score (nSPS) is 10.9. The molecule has 12 heteroatoms. The van der Waals surface area contributed by atoms with E-state index in [1.807, 2.05) is 97.2 Å². The Morgan fingerprint density at radius 1 is 0.679 bits per heavy atom. The number of aromatic amines is 1. The number of fused-ring (bicyclic) bond motifs is 3. The molecule has 9 rings (SSSR count). The number of nitrogens with zero attached hydrogens (tertiary/aromatic N) is 6. The predicted molar refractivity (Wildman–Crippen MR) is 213 cm³/mol. The van der Waals surface area contributed by atoms with Crippen LogP contribution in [-0.4, -0.2) is 47.1 Å². The van der Waals surface area contributed by atoms with Crippen molar-refractivity contribution in [3.05, 3.63) is 145 Å². The molecule has 0 saturated heterocycles. The average molecular weight is 761 g/mol. The van der Waals surface area contributed by atoms with Crippen molar-refractivity contribution in [2.24, 2.45) is 0 Å². The molecular weight excluding hydrogens is 730 g/mol. The SMILES string of the molecule is COc1cc2ncnc(Nc3cccc(Br)c3)c2cc1-c1ccccn1.Oc1cc2ncnc(Nc3ccc4[nH]ccc4c3)c2cc1-c1cccnc1. The van der Waals surface area contributed by atoms with Gasteiger partial charge in [0.2, 0.25) is 0 Å². The zero-order valence-electron chi connectivity index (χ0n) is 28.2. The van der Waals surface area contributed by atoms with E-state index in [0.29, 0.717) is 16.9 Å². The number of benzene rings is 4. The van der Waals surface area contributed by atoms with E-state index in [9.17, 15) is 5.11 Å². The van der Waals surface area contributed by atoms with Crippen molar-refractivity contribution in [2.45, 2.75) is 0 Å². The molecule has 9 aromatic rings. The summed E-state index contributed by atoms with van der Waals surface area (Å²) in [5.74, 6) is 2.30. The topological polar surface area (TPSA) is 147 Å². The molecule has 11 nitrogen and oxygen atoms in total. The maximum absolute atomic E-state index is 10.4. The summed E-state index contributed by atoms with van der Waals surface area (Å²) < 4.78 is 6.55. The summed E-state index contributed by atoms with van der Waals surface area (Å²) in [7, 11) is 1.65. The van der Waals surface area contributed by atoms with E-state index in [1.165, 1.54) is 6.33 Å². The molecule has 0 atom stereocenters. The van der Waals surface area contributed by atoms with Crippen molar-refractivity contribution >= 4 is 71.6 Å². The number of aromatic hydroxyl groups is 1. The Balaban J connectivity index is 0.000000151. The van der Waals surface area contributed by atoms with Crippen LogP contribution in [0.5, 0.6) is 11.5 Å². The molecule has 0 spiro atoms. The predicted octanol–water partition coefficient (Wildman–Crippen LogP) is 9.83. The first kappa shape index (κ1) is 33.2. The number of rotatable bonds is 7. The van der Waals surface area contributed by atoms with Gasteiger partial charge < -0.3 is 25.5 Å². The van der Waals surface area contributed by atoms with E-state index in [-0.39, 0.29) is 5.75 Å². The smallest absolute Gasteiger partial charge is 0.141 e. The van der Waals surface area contributed by atoms with Crippen LogP contribution in [-0.2, 0) is 0 Å². The summed E-state index contributed by atoms with van der Waals surface area (Å²) in [6.45, 7) is 0. The van der Waals surface area contributed by atoms with Crippen LogP contribution in [0.1, 0.15) is 0 Å². The molecule has 5 heterocycles. The zero-order valence-corrected chi connectivity index (χ0v) is 29.8. The summed E-state index contributed by atoms with van der Waals surface area (Å²) in [5.41, 5.74) is 7.67. The van der Waals surface area contributed by atoms with Crippen LogP contribution in [0.4, 0.5) is 23.0 Å². The minimum atomic E-state index is 0.161. The minimum Gasteiger partial charge on any atom is -0.507 e. The number of ether oxygens (including phenoxy) is 1. The number of nitrogens with one attached hydrogen (secondary N) is 3. The number of hydrogen-bond donors (Lipinski definition) is 4. The van der Waals surface area contributed by atoms with Gasteiger partial charge >= 0.3 is 0 Å². The molecule has 0 amide bonds. The summed E-state index contributed by atoms with van der Waals surface area (Å²) in [6, 6.07) is 33.0. The summed E-state index contributed by atoms with van der Waals surface area (Å²) in [6.07, 6.45) is 10.1. The van der Waals surface area contributed by atoms with E-state index in [2.05, 4.69) is 67.5 Å². The van der Waals surface area contributed by atoms with Gasteiger partial charge in [0, 0.05) is 91.1 Å². The van der Waals surface area contributed by atoms with Gasteiger partial charge in [0.05, 0.1) is 23.8 Å². The Hall–Kier alpha value is -6.92. The lowest BCUT2D eigenvalue weighted by atomic mass is 10.0. The van der Waals surface area contributed by atoms with E-state index in [0.717, 1.165) is 71.4 Å². The molecule has 0 aliphatic rings. The number of pyridine rings is 2. The highest BCUT2D eigenvalue weighted by atomic mass is 79.9. The first-order valence-corrected chi connectivity index (χ1v) is 17.3. The molecule has 4 aromatic carbocycles. The number of halogens is 1. The lowest BCUT2D eigenvalue weighted by molar-refractivity contribution is 0.417. The third kappa shape index (κ3) is 7.16. The highest BCUT2D eigenvalue weighted by Crippen LogP contribution is 2.37. The van der Waals surface area contributed by atoms with Crippen molar-refractivity contribution in [1.82, 2.24) is 34.9 Å². The second-order valence-corrected chi connectivity index (χ2v) is 12.8. The van der Waals surface area contributed by atoms with Crippen LogP contribution in [0, 0.1) is 0 Å². The monoisotopic (exact) mass is 759 g/mol. The molecule has 0 aliphatic carbocycles. The van der Waals surface area contributed by atoms with Gasteiger partial charge in [-0.3, -0.25) is 9.97 Å². The van der Waals surface area contributed by atoms with Gasteiger partial charge in [0.15, 0.2) is 0 Å². The number of phenols is 1. The fourth-order valence-electron chi connectivity index (χ4n) is 5.99. The molecule has 5 aromatic heterocycles. The van der Waals surface area contributed by atoms with Gasteiger partial charge in [-0.05, 0) is 72.8 Å². The number of phenolic OH excluding ortho intramolecular Hbond substituents is 1. The van der Waals surface area contributed by atoms with E-state index >= 15 is 0 Å². The maximum atomic E-state index is 10.4. The third-order valence-electron chi connectivity index (χ3n) is 8.53. The first-order valence-electron chi connectivity index (χ1n) is 16.5. The van der Waals surface area contributed by atoms with Gasteiger partial charge in [0.1, 0.15) is 35.8 Å². The van der Waals surface area contributed by atoms with Crippen molar-refractivity contribution in [1.29, 1.82) is 0 Å². The van der Waals surface area contributed by atoms with Crippen LogP contribution in [0.2, 0.25) is 0 Å². The zero-order chi connectivity index (χ0) is 36.1. The Bertz CT molecular complexity index is 2710. The molecule has 4 N–H and O–H groups in total. The second kappa shape index (κ2) is 14.7. The van der Waals surface area contributed by atoms with Crippen LogP contribution >= 0.6 is 15.9 Å². The summed E-state index contributed by atoms with van der Waals surface area (Å²) >= 11 is 3.49. The number of H-pyrrole nitrogens is 1. The van der Waals surface area contributed by atoms with Crippen LogP contribution in [0.25, 0.3) is 55.1 Å². The largest absolute Gasteiger partial charge is 0.507 e. The van der Waals surface area contributed by atoms with Crippen molar-refractivity contribution in [3.63, 3.8) is 0 Å². The van der Waals surface area contributed by atoms with Gasteiger partial charge in [0.25, 0.3) is 0 Å². The Morgan fingerprint density at radius 2 is 1.45 bits per heavy atom. The highest BCUT2D eigenvalue weighted by Gasteiger charge is 2.14. The molecule has 0 radical (unpaired) electrons. The lowest BCUT2D eigenvalue weighted by Crippen LogP contribution is -1.98. The molecule has 0 saturated carbocycles. The molecule has 0 fully saturated rings. The van der Waals surface area contributed by atoms with Gasteiger partial charge in [-0.25, -0.2) is 19.9 Å². The van der Waals surface area contributed by atoms with Gasteiger partial charge in [-0.1, -0.05) is 34.1 Å².